The van der Waals surface area contributed by atoms with Crippen LogP contribution in [0.2, 0.25) is 0 Å². The number of aromatic nitrogens is 1. The second kappa shape index (κ2) is 16.5. The molecule has 0 aliphatic heterocycles. The van der Waals surface area contributed by atoms with Gasteiger partial charge in [-0.3, -0.25) is 0 Å². The highest BCUT2D eigenvalue weighted by atomic mass is 15.1. The first-order valence-corrected chi connectivity index (χ1v) is 23.6. The maximum Gasteiger partial charge on any atom is 0.0547 e. The van der Waals surface area contributed by atoms with Gasteiger partial charge in [-0.25, -0.2) is 0 Å². The Hall–Kier alpha value is -8.46. The summed E-state index contributed by atoms with van der Waals surface area (Å²) >= 11 is 0. The summed E-state index contributed by atoms with van der Waals surface area (Å²) in [5, 5.41) is 7.47. The predicted octanol–water partition coefficient (Wildman–Crippen LogP) is 18.0. The summed E-state index contributed by atoms with van der Waals surface area (Å²) < 4.78 is 2.46. The minimum absolute atomic E-state index is 0.0954. The molecule has 0 fully saturated rings. The first-order valence-electron chi connectivity index (χ1n) is 23.6. The number of anilines is 2. The average molecular weight is 871 g/mol. The molecule has 2 nitrogen and oxygen atoms in total. The molecule has 0 unspecified atom stereocenters. The molecule has 12 rings (SSSR count). The van der Waals surface area contributed by atoms with Crippen molar-refractivity contribution in [3.05, 3.63) is 266 Å². The maximum atomic E-state index is 4.27. The molecule has 2 heteroatoms. The van der Waals surface area contributed by atoms with Gasteiger partial charge in [0.1, 0.15) is 0 Å². The summed E-state index contributed by atoms with van der Waals surface area (Å²) in [5.41, 5.74) is 19.1. The van der Waals surface area contributed by atoms with E-state index in [9.17, 15) is 0 Å². The van der Waals surface area contributed by atoms with Gasteiger partial charge in [0.2, 0.25) is 0 Å². The van der Waals surface area contributed by atoms with E-state index in [1.165, 1.54) is 88.0 Å². The smallest absolute Gasteiger partial charge is 0.0547 e. The lowest BCUT2D eigenvalue weighted by molar-refractivity contribution is 0.660. The van der Waals surface area contributed by atoms with Crippen molar-refractivity contribution in [2.24, 2.45) is 0 Å². The van der Waals surface area contributed by atoms with Gasteiger partial charge in [-0.05, 0) is 145 Å². The molecule has 1 aliphatic rings. The number of hydrogen-bond donors (Lipinski definition) is 0. The van der Waals surface area contributed by atoms with Crippen LogP contribution in [0.25, 0.3) is 88.0 Å². The minimum atomic E-state index is -0.0954. The summed E-state index contributed by atoms with van der Waals surface area (Å²) in [6.07, 6.45) is 6.39. The third-order valence-corrected chi connectivity index (χ3v) is 14.3. The summed E-state index contributed by atoms with van der Waals surface area (Å²) in [6, 6.07) is 80.0. The monoisotopic (exact) mass is 870 g/mol. The van der Waals surface area contributed by atoms with Crippen LogP contribution in [-0.4, -0.2) is 4.57 Å². The first-order chi connectivity index (χ1) is 33.4. The van der Waals surface area contributed by atoms with Gasteiger partial charge >= 0.3 is 0 Å². The van der Waals surface area contributed by atoms with Gasteiger partial charge in [0.25, 0.3) is 0 Å². The largest absolute Gasteiger partial charge is 0.314 e. The van der Waals surface area contributed by atoms with Crippen LogP contribution in [-0.2, 0) is 5.41 Å². The Labute approximate surface area is 398 Å². The van der Waals surface area contributed by atoms with Gasteiger partial charge in [0, 0.05) is 38.9 Å². The van der Waals surface area contributed by atoms with E-state index in [-0.39, 0.29) is 5.41 Å². The van der Waals surface area contributed by atoms with Crippen LogP contribution in [0.3, 0.4) is 0 Å². The number of para-hydroxylation sites is 1. The van der Waals surface area contributed by atoms with Crippen molar-refractivity contribution < 1.29 is 0 Å². The molecule has 1 aromatic heterocycles. The van der Waals surface area contributed by atoms with Gasteiger partial charge in [0.05, 0.1) is 11.0 Å². The van der Waals surface area contributed by atoms with Gasteiger partial charge < -0.3 is 9.47 Å². The third-order valence-electron chi connectivity index (χ3n) is 14.3. The van der Waals surface area contributed by atoms with E-state index >= 15 is 0 Å². The molecule has 0 amide bonds. The van der Waals surface area contributed by atoms with Crippen LogP contribution >= 0.6 is 0 Å². The molecule has 0 bridgehead atoms. The zero-order valence-electron chi connectivity index (χ0n) is 38.6. The Balaban J connectivity index is 0.971. The van der Waals surface area contributed by atoms with Crippen LogP contribution in [0.1, 0.15) is 37.5 Å². The molecule has 0 spiro atoms. The topological polar surface area (TPSA) is 8.17 Å². The lowest BCUT2D eigenvalue weighted by Crippen LogP contribution is -2.15. The predicted molar refractivity (Wildman–Crippen MR) is 291 cm³/mol. The zero-order chi connectivity index (χ0) is 45.9. The van der Waals surface area contributed by atoms with Crippen molar-refractivity contribution in [2.45, 2.75) is 26.2 Å². The molecular weight excluding hydrogens is 821 g/mol. The van der Waals surface area contributed by atoms with E-state index in [1.54, 1.807) is 0 Å². The van der Waals surface area contributed by atoms with Gasteiger partial charge in [-0.2, -0.15) is 0 Å². The zero-order valence-corrected chi connectivity index (χ0v) is 38.6. The second-order valence-electron chi connectivity index (χ2n) is 18.6. The second-order valence-corrected chi connectivity index (χ2v) is 18.6. The molecule has 0 N–H and O–H groups in total. The van der Waals surface area contributed by atoms with Crippen molar-refractivity contribution in [3.8, 4) is 39.1 Å². The standard InChI is InChI=1S/C66H50N2/c1-5-45(49-35-39-56-51(41-49)32-31-48-19-9-10-22-55(48)56)30-29-44(2)67(52-36-33-47(34-37-52)46-17-7-6-8-18-46)53-21-15-20-50(42-53)57-25-16-28-64-65(57)60-24-12-14-27-63(60)68(64)54-38-40-59-58-23-11-13-26-61(58)66(3,4)62(59)43-54/h5-43H,1H2,2-4H3/b44-29+,45-30+. The Morgan fingerprint density at radius 2 is 1.13 bits per heavy atom. The summed E-state index contributed by atoms with van der Waals surface area (Å²) in [4.78, 5) is 2.37. The maximum absolute atomic E-state index is 4.27. The Morgan fingerprint density at radius 3 is 1.99 bits per heavy atom. The Kier molecular flexibility index (Phi) is 9.92. The fourth-order valence-electron chi connectivity index (χ4n) is 10.9. The highest BCUT2D eigenvalue weighted by Crippen LogP contribution is 2.50. The number of fused-ring (bicyclic) bond motifs is 9. The van der Waals surface area contributed by atoms with Crippen LogP contribution in [0, 0.1) is 0 Å². The Bertz CT molecular complexity index is 3840. The van der Waals surface area contributed by atoms with Crippen LogP contribution in [0.15, 0.2) is 249 Å². The van der Waals surface area contributed by atoms with Gasteiger partial charge in [-0.1, -0.05) is 196 Å². The number of hydrogen-bond acceptors (Lipinski definition) is 1. The quantitative estimate of drug-likeness (QED) is 0.104. The number of nitrogens with zero attached hydrogens (tertiary/aromatic N) is 2. The van der Waals surface area contributed by atoms with E-state index in [0.29, 0.717) is 0 Å². The molecule has 0 saturated heterocycles. The number of benzene rings is 10. The van der Waals surface area contributed by atoms with E-state index in [0.717, 1.165) is 33.8 Å². The lowest BCUT2D eigenvalue weighted by atomic mass is 9.82. The Morgan fingerprint density at radius 1 is 0.471 bits per heavy atom. The van der Waals surface area contributed by atoms with Crippen molar-refractivity contribution in [1.82, 2.24) is 4.57 Å². The molecule has 324 valence electrons. The number of rotatable bonds is 9. The molecule has 0 atom stereocenters. The van der Waals surface area contributed by atoms with E-state index < -0.39 is 0 Å². The van der Waals surface area contributed by atoms with Crippen LogP contribution in [0.5, 0.6) is 0 Å². The normalized spacial score (nSPS) is 13.3. The molecule has 0 saturated carbocycles. The van der Waals surface area contributed by atoms with E-state index in [2.05, 4.69) is 267 Å². The molecule has 10 aromatic carbocycles. The molecule has 68 heavy (non-hydrogen) atoms. The molecule has 0 radical (unpaired) electrons. The van der Waals surface area contributed by atoms with Crippen molar-refractivity contribution in [3.63, 3.8) is 0 Å². The van der Waals surface area contributed by atoms with Crippen molar-refractivity contribution in [2.75, 3.05) is 4.90 Å². The molecule has 1 heterocycles. The highest BCUT2D eigenvalue weighted by molar-refractivity contribution is 6.16. The molecule has 11 aromatic rings. The van der Waals surface area contributed by atoms with E-state index in [4.69, 9.17) is 0 Å². The fraction of sp³-hybridized carbons (Fsp3) is 0.0606. The van der Waals surface area contributed by atoms with Crippen LogP contribution in [0.4, 0.5) is 11.4 Å². The third kappa shape index (κ3) is 6.79. The average Bonchev–Trinajstić information content (AvgIpc) is 3.85. The number of allylic oxidation sites excluding steroid dienone is 5. The summed E-state index contributed by atoms with van der Waals surface area (Å²) in [6.45, 7) is 11.2. The van der Waals surface area contributed by atoms with Crippen LogP contribution < -0.4 is 4.90 Å². The molecular formula is C66H50N2. The highest BCUT2D eigenvalue weighted by Gasteiger charge is 2.35. The van der Waals surface area contributed by atoms with E-state index in [1.807, 2.05) is 6.08 Å². The summed E-state index contributed by atoms with van der Waals surface area (Å²) in [5.74, 6) is 0. The van der Waals surface area contributed by atoms with Gasteiger partial charge in [0.15, 0.2) is 0 Å². The lowest BCUT2D eigenvalue weighted by Gasteiger charge is -2.27. The minimum Gasteiger partial charge on any atom is -0.314 e. The summed E-state index contributed by atoms with van der Waals surface area (Å²) in [7, 11) is 0. The SMILES string of the molecule is C=C/C(=C\C=C(/C)N(c1ccc(-c2ccccc2)cc1)c1cccc(-c2cccc3c2c2ccccc2n3-c2ccc3c(c2)C(C)(C)c2ccccc2-3)c1)c1ccc2c(ccc3ccccc32)c1. The first kappa shape index (κ1) is 41.0. The van der Waals surface area contributed by atoms with Gasteiger partial charge in [-0.15, -0.1) is 0 Å². The molecule has 1 aliphatic carbocycles. The van der Waals surface area contributed by atoms with Crippen molar-refractivity contribution >= 4 is 60.3 Å². The fourth-order valence-corrected chi connectivity index (χ4v) is 10.9. The van der Waals surface area contributed by atoms with Crippen molar-refractivity contribution in [1.29, 1.82) is 0 Å².